The Hall–Kier alpha value is -5.36. The van der Waals surface area contributed by atoms with E-state index in [1.54, 1.807) is 0 Å². The number of nitrogens with zero attached hydrogens (tertiary/aromatic N) is 3. The Labute approximate surface area is 354 Å². The van der Waals surface area contributed by atoms with Crippen LogP contribution in [-0.2, 0) is 35.3 Å². The lowest BCUT2D eigenvalue weighted by molar-refractivity contribution is -0.192. The first-order valence-corrected chi connectivity index (χ1v) is 20.8. The number of carboxylic acid groups (broad SMARTS) is 1. The van der Waals surface area contributed by atoms with E-state index in [0.717, 1.165) is 60.0 Å². The van der Waals surface area contributed by atoms with Crippen LogP contribution < -0.4 is 10.6 Å². The van der Waals surface area contributed by atoms with Crippen molar-refractivity contribution in [2.75, 3.05) is 44.2 Å². The molecular formula is C43H50F5N5O7S. The van der Waals surface area contributed by atoms with E-state index in [2.05, 4.69) is 31.4 Å². The van der Waals surface area contributed by atoms with Crippen molar-refractivity contribution < 1.29 is 55.8 Å². The van der Waals surface area contributed by atoms with Gasteiger partial charge in [-0.15, -0.1) is 0 Å². The first kappa shape index (κ1) is 48.3. The molecule has 0 bridgehead atoms. The number of aromatic nitrogens is 1. The molecule has 3 N–H and O–H groups in total. The number of amides is 4. The zero-order valence-corrected chi connectivity index (χ0v) is 34.9. The maximum absolute atomic E-state index is 15.1. The van der Waals surface area contributed by atoms with Crippen LogP contribution in [0.4, 0.5) is 22.0 Å². The lowest BCUT2D eigenvalue weighted by Crippen LogP contribution is -2.45. The van der Waals surface area contributed by atoms with Crippen molar-refractivity contribution in [3.05, 3.63) is 95.8 Å². The van der Waals surface area contributed by atoms with Gasteiger partial charge < -0.3 is 25.2 Å². The van der Waals surface area contributed by atoms with E-state index in [1.807, 2.05) is 52.1 Å². The Morgan fingerprint density at radius 3 is 2.26 bits per heavy atom. The highest BCUT2D eigenvalue weighted by Gasteiger charge is 2.39. The number of carbonyl (C=O) groups excluding carboxylic acids is 5. The molecule has 18 heteroatoms. The van der Waals surface area contributed by atoms with Gasteiger partial charge in [0.15, 0.2) is 5.78 Å². The summed E-state index contributed by atoms with van der Waals surface area (Å²) < 4.78 is 63.3. The van der Waals surface area contributed by atoms with Gasteiger partial charge in [0.2, 0.25) is 11.8 Å². The minimum absolute atomic E-state index is 0.0677. The maximum atomic E-state index is 15.1. The van der Waals surface area contributed by atoms with Gasteiger partial charge in [-0.1, -0.05) is 51.1 Å². The third-order valence-corrected chi connectivity index (χ3v) is 10.8. The van der Waals surface area contributed by atoms with Gasteiger partial charge in [0.25, 0.3) is 11.8 Å². The number of Topliss-reactive ketones (excluding diaryl/α,β-unsaturated/α-hetero) is 1. The molecule has 3 aromatic rings. The molecule has 1 saturated heterocycles. The number of carbonyl (C=O) groups is 6. The third-order valence-electron chi connectivity index (χ3n) is 9.85. The molecule has 2 aromatic carbocycles. The highest BCUT2D eigenvalue weighted by molar-refractivity contribution is 7.99. The van der Waals surface area contributed by atoms with Crippen molar-refractivity contribution in [1.29, 1.82) is 0 Å². The predicted octanol–water partition coefficient (Wildman–Crippen LogP) is 6.15. The van der Waals surface area contributed by atoms with Crippen molar-refractivity contribution in [1.82, 2.24) is 25.0 Å². The lowest BCUT2D eigenvalue weighted by Gasteiger charge is -2.42. The fourth-order valence-electron chi connectivity index (χ4n) is 6.96. The number of benzene rings is 2. The van der Waals surface area contributed by atoms with Gasteiger partial charge in [0, 0.05) is 73.4 Å². The molecule has 2 aliphatic heterocycles. The van der Waals surface area contributed by atoms with Crippen LogP contribution in [0.1, 0.15) is 63.8 Å². The van der Waals surface area contributed by atoms with Crippen LogP contribution in [0, 0.1) is 23.0 Å². The van der Waals surface area contributed by atoms with Crippen LogP contribution in [0.5, 0.6) is 0 Å². The van der Waals surface area contributed by atoms with E-state index in [4.69, 9.17) is 9.90 Å². The van der Waals surface area contributed by atoms with Gasteiger partial charge in [0.05, 0.1) is 18.3 Å². The summed E-state index contributed by atoms with van der Waals surface area (Å²) in [5.41, 5.74) is 2.08. The molecule has 0 radical (unpaired) electrons. The Balaban J connectivity index is 0.00000107. The normalized spacial score (nSPS) is 15.7. The molecule has 330 valence electrons. The van der Waals surface area contributed by atoms with Gasteiger partial charge >= 0.3 is 12.1 Å². The Morgan fingerprint density at radius 2 is 1.66 bits per heavy atom. The van der Waals surface area contributed by atoms with E-state index >= 15 is 4.39 Å². The summed E-state index contributed by atoms with van der Waals surface area (Å²) in [6.45, 7) is 8.89. The second kappa shape index (κ2) is 21.9. The first-order chi connectivity index (χ1) is 28.7. The molecule has 2 aliphatic rings. The Bertz CT molecular complexity index is 2050. The molecule has 0 aliphatic carbocycles. The summed E-state index contributed by atoms with van der Waals surface area (Å²) in [6, 6.07) is 14.8. The molecule has 5 rings (SSSR count). The van der Waals surface area contributed by atoms with Crippen LogP contribution in [-0.4, -0.2) is 105 Å². The quantitative estimate of drug-likeness (QED) is 0.0775. The SMILES string of the molecule is CC(C)(C)[C@H](c1cc(-c2cc(F)ccc2F)cn1Cc1ccccc1)N(CC1CCNC1)C(=O)CSCCC(=O)NCCCC(=O)CN1C(=O)C=CC1=O.O=C(O)C(F)(F)F. The zero-order chi connectivity index (χ0) is 44.9. The minimum Gasteiger partial charge on any atom is -0.475 e. The van der Waals surface area contributed by atoms with Gasteiger partial charge in [-0.2, -0.15) is 24.9 Å². The number of ketones is 1. The van der Waals surface area contributed by atoms with Gasteiger partial charge in [-0.25, -0.2) is 13.6 Å². The molecule has 1 fully saturated rings. The Morgan fingerprint density at radius 1 is 0.984 bits per heavy atom. The van der Waals surface area contributed by atoms with Crippen LogP contribution in [0.25, 0.3) is 11.1 Å². The van der Waals surface area contributed by atoms with Crippen LogP contribution >= 0.6 is 11.8 Å². The van der Waals surface area contributed by atoms with Gasteiger partial charge in [0.1, 0.15) is 11.6 Å². The fourth-order valence-corrected chi connectivity index (χ4v) is 7.78. The molecule has 61 heavy (non-hydrogen) atoms. The number of imide groups is 1. The van der Waals surface area contributed by atoms with Crippen molar-refractivity contribution in [3.8, 4) is 11.1 Å². The average Bonchev–Trinajstić information content (AvgIpc) is 3.93. The van der Waals surface area contributed by atoms with Crippen molar-refractivity contribution >= 4 is 47.1 Å². The molecule has 1 unspecified atom stereocenters. The van der Waals surface area contributed by atoms with Crippen LogP contribution in [0.2, 0.25) is 0 Å². The molecule has 0 saturated carbocycles. The standard InChI is InChI=1S/C41H49F2N5O5S.C2HF3O2/c1-41(2,3)40(35-20-30(33-21-31(42)11-12-34(33)43)25-46(35)23-28-8-5-4-6-9-28)48(24-29-15-18-44-22-29)39(53)27-54-19-16-36(50)45-17-7-10-32(49)26-47-37(51)13-14-38(47)52;3-2(4,5)1(6)7/h4-6,8-9,11-14,20-21,25,29,40,44H,7,10,15-19,22-24,26-27H2,1-3H3,(H,45,50);(H,6,7)/t29?,40-;/m0./s1. The third kappa shape index (κ3) is 14.7. The molecule has 3 heterocycles. The smallest absolute Gasteiger partial charge is 0.475 e. The molecular weight excluding hydrogens is 826 g/mol. The second-order valence-electron chi connectivity index (χ2n) is 15.8. The van der Waals surface area contributed by atoms with E-state index in [0.29, 0.717) is 30.8 Å². The molecule has 2 atom stereocenters. The van der Waals surface area contributed by atoms with E-state index < -0.39 is 47.1 Å². The van der Waals surface area contributed by atoms with Crippen LogP contribution in [0.15, 0.2) is 72.9 Å². The summed E-state index contributed by atoms with van der Waals surface area (Å²) in [6.07, 6.45) is 0.634. The lowest BCUT2D eigenvalue weighted by atomic mass is 9.82. The highest BCUT2D eigenvalue weighted by atomic mass is 32.2. The maximum Gasteiger partial charge on any atom is 0.490 e. The largest absolute Gasteiger partial charge is 0.490 e. The number of carboxylic acids is 1. The minimum atomic E-state index is -5.08. The Kier molecular flexibility index (Phi) is 17.4. The van der Waals surface area contributed by atoms with Crippen molar-refractivity contribution in [3.63, 3.8) is 0 Å². The number of aliphatic carboxylic acids is 1. The van der Waals surface area contributed by atoms with E-state index in [-0.39, 0.29) is 60.8 Å². The summed E-state index contributed by atoms with van der Waals surface area (Å²) in [5, 5.41) is 13.3. The second-order valence-corrected chi connectivity index (χ2v) is 16.9. The number of halogens is 5. The summed E-state index contributed by atoms with van der Waals surface area (Å²) in [7, 11) is 0. The molecule has 12 nitrogen and oxygen atoms in total. The van der Waals surface area contributed by atoms with E-state index in [1.165, 1.54) is 17.8 Å². The van der Waals surface area contributed by atoms with E-state index in [9.17, 15) is 41.5 Å². The fraction of sp³-hybridized carbons (Fsp3) is 0.442. The van der Waals surface area contributed by atoms with Gasteiger partial charge in [-0.3, -0.25) is 28.9 Å². The summed E-state index contributed by atoms with van der Waals surface area (Å²) in [5.74, 6) is -4.56. The van der Waals surface area contributed by atoms with Crippen molar-refractivity contribution in [2.24, 2.45) is 11.3 Å². The molecule has 4 amide bonds. The number of nitrogens with one attached hydrogen (secondary N) is 2. The first-order valence-electron chi connectivity index (χ1n) is 19.6. The topological polar surface area (TPSA) is 158 Å². The predicted molar refractivity (Wildman–Crippen MR) is 219 cm³/mol. The summed E-state index contributed by atoms with van der Waals surface area (Å²) in [4.78, 5) is 74.1. The monoisotopic (exact) mass is 875 g/mol. The number of thioether (sulfide) groups is 1. The summed E-state index contributed by atoms with van der Waals surface area (Å²) >= 11 is 1.38. The number of alkyl halides is 3. The number of rotatable bonds is 18. The highest BCUT2D eigenvalue weighted by Crippen LogP contribution is 2.42. The number of hydrogen-bond donors (Lipinski definition) is 3. The number of hydrogen-bond acceptors (Lipinski definition) is 8. The van der Waals surface area contributed by atoms with Crippen molar-refractivity contribution in [2.45, 2.75) is 65.2 Å². The zero-order valence-electron chi connectivity index (χ0n) is 34.1. The van der Waals surface area contributed by atoms with Crippen LogP contribution in [0.3, 0.4) is 0 Å². The molecule has 1 aromatic heterocycles. The average molecular weight is 876 g/mol. The van der Waals surface area contributed by atoms with Gasteiger partial charge in [-0.05, 0) is 67.1 Å². The molecule has 0 spiro atoms.